The summed E-state index contributed by atoms with van der Waals surface area (Å²) in [6, 6.07) is -2.92. The van der Waals surface area contributed by atoms with Crippen LogP contribution in [0.3, 0.4) is 0 Å². The van der Waals surface area contributed by atoms with E-state index >= 15 is 0 Å². The molecule has 18 heteroatoms. The number of aliphatic carboxylic acids is 5. The van der Waals surface area contributed by atoms with E-state index in [2.05, 4.69) is 5.32 Å². The van der Waals surface area contributed by atoms with E-state index in [0.717, 1.165) is 17.1 Å². The maximum Gasteiger partial charge on any atom is 0.320 e. The number of rotatable bonds is 22. The number of nitrogens with one attached hydrogen (secondary N) is 1. The van der Waals surface area contributed by atoms with E-state index in [1.807, 2.05) is 0 Å². The molecule has 18 nitrogen and oxygen atoms in total. The minimum Gasteiger partial charge on any atom is -0.480 e. The van der Waals surface area contributed by atoms with Gasteiger partial charge in [0, 0.05) is 57.3 Å². The molecule has 1 fully saturated rings. The monoisotopic (exact) mass is 641 g/mol. The lowest BCUT2D eigenvalue weighted by Gasteiger charge is -2.33. The lowest BCUT2D eigenvalue weighted by atomic mass is 10.1. The Kier molecular flexibility index (Phi) is 14.5. The van der Waals surface area contributed by atoms with Gasteiger partial charge in [0.05, 0.1) is 19.6 Å². The molecule has 1 saturated heterocycles. The molecule has 3 atom stereocenters. The second-order valence-electron chi connectivity index (χ2n) is 10.8. The second-order valence-corrected chi connectivity index (χ2v) is 10.8. The fourth-order valence-electron chi connectivity index (χ4n) is 5.41. The molecule has 6 N–H and O–H groups in total. The van der Waals surface area contributed by atoms with Crippen LogP contribution in [0.4, 0.5) is 0 Å². The molecule has 250 valence electrons. The number of unbranched alkanes of at least 4 members (excludes halogenated alkanes) is 1. The van der Waals surface area contributed by atoms with Crippen LogP contribution in [0.5, 0.6) is 0 Å². The minimum absolute atomic E-state index is 0.00910. The van der Waals surface area contributed by atoms with Gasteiger partial charge in [-0.1, -0.05) is 0 Å². The van der Waals surface area contributed by atoms with E-state index < -0.39 is 85.3 Å². The Morgan fingerprint density at radius 3 is 2.07 bits per heavy atom. The van der Waals surface area contributed by atoms with Crippen LogP contribution in [-0.4, -0.2) is 163 Å². The minimum atomic E-state index is -1.31. The van der Waals surface area contributed by atoms with Crippen LogP contribution in [-0.2, 0) is 38.4 Å². The standard InChI is InChI=1S/C27H39N5O13/c33-20(8-10-31-21(34)6-7-22(31)35)28-9-2-1-3-18(26(42)43)30(15-24(38)39)12-11-29(14-23(36)37)13-17-4-5-19(27(44)45)32(17)16-25(40)41/h6-7,17-19H,1-5,8-16H2,(H,28,33)(H,36,37)(H,38,39)(H,40,41)(H,42,43)(H,44,45)/t17-,18+,19+/m0/s1. The summed E-state index contributed by atoms with van der Waals surface area (Å²) in [5, 5.41) is 50.1. The number of likely N-dealkylation sites (tertiary alicyclic amines) is 1. The van der Waals surface area contributed by atoms with Crippen molar-refractivity contribution in [1.29, 1.82) is 0 Å². The Balaban J connectivity index is 1.95. The molecule has 0 aromatic rings. The molecule has 2 heterocycles. The summed E-state index contributed by atoms with van der Waals surface area (Å²) in [5.74, 6) is -7.71. The van der Waals surface area contributed by atoms with Crippen LogP contribution in [0.25, 0.3) is 0 Å². The second kappa shape index (κ2) is 17.8. The Morgan fingerprint density at radius 2 is 1.51 bits per heavy atom. The summed E-state index contributed by atoms with van der Waals surface area (Å²) in [4.78, 5) is 98.2. The molecule has 0 aromatic carbocycles. The Bertz CT molecular complexity index is 1160. The van der Waals surface area contributed by atoms with E-state index in [-0.39, 0.29) is 58.4 Å². The van der Waals surface area contributed by atoms with E-state index in [9.17, 15) is 63.9 Å². The summed E-state index contributed by atoms with van der Waals surface area (Å²) in [6.45, 7) is -1.95. The highest BCUT2D eigenvalue weighted by molar-refractivity contribution is 6.13. The van der Waals surface area contributed by atoms with Crippen molar-refractivity contribution in [3.8, 4) is 0 Å². The predicted octanol–water partition coefficient (Wildman–Crippen LogP) is -2.18. The molecule has 2 aliphatic rings. The van der Waals surface area contributed by atoms with E-state index in [4.69, 9.17) is 0 Å². The predicted molar refractivity (Wildman–Crippen MR) is 151 cm³/mol. The zero-order valence-corrected chi connectivity index (χ0v) is 24.6. The normalized spacial score (nSPS) is 18.9. The average Bonchev–Trinajstić information content (AvgIpc) is 3.47. The third-order valence-electron chi connectivity index (χ3n) is 7.53. The first-order valence-electron chi connectivity index (χ1n) is 14.3. The number of hydrogen-bond donors (Lipinski definition) is 6. The topological polar surface area (TPSA) is 263 Å². The van der Waals surface area contributed by atoms with Gasteiger partial charge in [-0.3, -0.25) is 58.0 Å². The van der Waals surface area contributed by atoms with Crippen LogP contribution in [0, 0.1) is 0 Å². The summed E-state index contributed by atoms with van der Waals surface area (Å²) in [7, 11) is 0. The van der Waals surface area contributed by atoms with Gasteiger partial charge < -0.3 is 30.8 Å². The zero-order chi connectivity index (χ0) is 33.7. The summed E-state index contributed by atoms with van der Waals surface area (Å²) in [6.07, 6.45) is 3.20. The lowest BCUT2D eigenvalue weighted by molar-refractivity contribution is -0.148. The molecule has 2 aliphatic heterocycles. The Hall–Kier alpha value is -4.42. The highest BCUT2D eigenvalue weighted by Crippen LogP contribution is 2.25. The van der Waals surface area contributed by atoms with Crippen molar-refractivity contribution in [2.75, 3.05) is 52.4 Å². The third-order valence-corrected chi connectivity index (χ3v) is 7.53. The maximum atomic E-state index is 12.1. The number of hydrogen-bond acceptors (Lipinski definition) is 11. The summed E-state index contributed by atoms with van der Waals surface area (Å²) >= 11 is 0. The number of carboxylic acids is 5. The molecule has 0 bridgehead atoms. The molecule has 0 aromatic heterocycles. The van der Waals surface area contributed by atoms with Gasteiger partial charge in [0.15, 0.2) is 0 Å². The molecule has 0 saturated carbocycles. The number of carbonyl (C=O) groups is 8. The molecule has 3 amide bonds. The van der Waals surface area contributed by atoms with Gasteiger partial charge >= 0.3 is 29.8 Å². The average molecular weight is 642 g/mol. The van der Waals surface area contributed by atoms with E-state index in [0.29, 0.717) is 12.8 Å². The molecule has 0 unspecified atom stereocenters. The number of carboxylic acid groups (broad SMARTS) is 5. The summed E-state index contributed by atoms with van der Waals surface area (Å²) in [5.41, 5.74) is 0. The Labute approximate surface area is 257 Å². The molecule has 0 aliphatic carbocycles. The largest absolute Gasteiger partial charge is 0.480 e. The smallest absolute Gasteiger partial charge is 0.320 e. The van der Waals surface area contributed by atoms with Gasteiger partial charge in [0.1, 0.15) is 12.1 Å². The van der Waals surface area contributed by atoms with Crippen molar-refractivity contribution in [3.05, 3.63) is 12.2 Å². The molecule has 45 heavy (non-hydrogen) atoms. The van der Waals surface area contributed by atoms with Crippen LogP contribution >= 0.6 is 0 Å². The molecule has 2 rings (SSSR count). The Morgan fingerprint density at radius 1 is 0.867 bits per heavy atom. The van der Waals surface area contributed by atoms with E-state index in [1.54, 1.807) is 0 Å². The third kappa shape index (κ3) is 12.2. The van der Waals surface area contributed by atoms with Crippen molar-refractivity contribution in [1.82, 2.24) is 24.9 Å². The highest BCUT2D eigenvalue weighted by atomic mass is 16.4. The van der Waals surface area contributed by atoms with Gasteiger partial charge in [0.2, 0.25) is 5.91 Å². The van der Waals surface area contributed by atoms with Crippen molar-refractivity contribution in [2.24, 2.45) is 0 Å². The number of amides is 3. The lowest BCUT2D eigenvalue weighted by Crippen LogP contribution is -2.51. The maximum absolute atomic E-state index is 12.1. The SMILES string of the molecule is O=C(O)CN(CCN(CC(=O)O)[C@H](CCCCNC(=O)CCN1C(=O)C=CC1=O)C(=O)O)C[C@@H]1CC[C@H](C(=O)O)N1CC(=O)O. The fourth-order valence-corrected chi connectivity index (χ4v) is 5.41. The first-order valence-corrected chi connectivity index (χ1v) is 14.3. The van der Waals surface area contributed by atoms with Crippen LogP contribution in [0.1, 0.15) is 38.5 Å². The van der Waals surface area contributed by atoms with Gasteiger partial charge in [-0.05, 0) is 32.1 Å². The van der Waals surface area contributed by atoms with Crippen molar-refractivity contribution < 1.29 is 63.9 Å². The number of imide groups is 1. The first kappa shape index (κ1) is 36.8. The zero-order valence-electron chi connectivity index (χ0n) is 24.6. The van der Waals surface area contributed by atoms with Crippen molar-refractivity contribution in [2.45, 2.75) is 56.7 Å². The van der Waals surface area contributed by atoms with Crippen molar-refractivity contribution in [3.63, 3.8) is 0 Å². The van der Waals surface area contributed by atoms with Crippen LogP contribution < -0.4 is 5.32 Å². The van der Waals surface area contributed by atoms with Crippen LogP contribution in [0.2, 0.25) is 0 Å². The quantitative estimate of drug-likeness (QED) is 0.0542. The molecule has 0 spiro atoms. The van der Waals surface area contributed by atoms with Gasteiger partial charge in [0.25, 0.3) is 11.8 Å². The first-order chi connectivity index (χ1) is 21.2. The fraction of sp³-hybridized carbons (Fsp3) is 0.630. The summed E-state index contributed by atoms with van der Waals surface area (Å²) < 4.78 is 0. The highest BCUT2D eigenvalue weighted by Gasteiger charge is 2.40. The molecular weight excluding hydrogens is 602 g/mol. The van der Waals surface area contributed by atoms with Gasteiger partial charge in [-0.15, -0.1) is 0 Å². The van der Waals surface area contributed by atoms with E-state index in [1.165, 1.54) is 14.7 Å². The molecular formula is C27H39N5O13. The van der Waals surface area contributed by atoms with Crippen LogP contribution in [0.15, 0.2) is 12.2 Å². The molecule has 0 radical (unpaired) electrons. The number of carbonyl (C=O) groups excluding carboxylic acids is 3. The van der Waals surface area contributed by atoms with Gasteiger partial charge in [-0.25, -0.2) is 0 Å². The van der Waals surface area contributed by atoms with Gasteiger partial charge in [-0.2, -0.15) is 0 Å². The number of nitrogens with zero attached hydrogens (tertiary/aromatic N) is 4. The van der Waals surface area contributed by atoms with Crippen molar-refractivity contribution >= 4 is 47.6 Å².